The SMILES string of the molecule is CCCNC(=O)c1c(N)c2cccc(-c3cc(OCc4cccc(C)n4)ccc3F)c2[nH]c1=O. The second-order valence-electron chi connectivity index (χ2n) is 7.93. The molecule has 0 atom stereocenters. The van der Waals surface area contributed by atoms with Crippen molar-refractivity contribution in [2.75, 3.05) is 12.3 Å². The number of ether oxygens (including phenoxy) is 1. The standard InChI is InChI=1S/C26H25FN4O3/c1-3-12-29-25(32)22-23(28)19-9-5-8-18(24(19)31-26(22)33)20-13-17(10-11-21(20)27)34-14-16-7-4-6-15(2)30-16/h4-11,13H,3,12,14H2,1-2H3,(H,29,32)(H3,28,31,33). The Labute approximate surface area is 195 Å². The molecule has 4 aromatic rings. The van der Waals surface area contributed by atoms with E-state index in [9.17, 15) is 14.0 Å². The van der Waals surface area contributed by atoms with Gasteiger partial charge in [-0.1, -0.05) is 31.2 Å². The summed E-state index contributed by atoms with van der Waals surface area (Å²) in [5.41, 5.74) is 8.12. The number of pyridine rings is 2. The average molecular weight is 461 g/mol. The molecule has 34 heavy (non-hydrogen) atoms. The van der Waals surface area contributed by atoms with Crippen molar-refractivity contribution in [1.29, 1.82) is 0 Å². The highest BCUT2D eigenvalue weighted by Crippen LogP contribution is 2.34. The third-order valence-electron chi connectivity index (χ3n) is 5.41. The van der Waals surface area contributed by atoms with E-state index in [-0.39, 0.29) is 23.4 Å². The lowest BCUT2D eigenvalue weighted by Crippen LogP contribution is -2.31. The van der Waals surface area contributed by atoms with Gasteiger partial charge in [-0.25, -0.2) is 4.39 Å². The van der Waals surface area contributed by atoms with Crippen LogP contribution in [0.5, 0.6) is 5.75 Å². The Kier molecular flexibility index (Phi) is 6.58. The quantitative estimate of drug-likeness (QED) is 0.380. The topological polar surface area (TPSA) is 110 Å². The minimum absolute atomic E-state index is 0.0486. The average Bonchev–Trinajstić information content (AvgIpc) is 2.82. The number of anilines is 1. The summed E-state index contributed by atoms with van der Waals surface area (Å²) in [7, 11) is 0. The summed E-state index contributed by atoms with van der Waals surface area (Å²) < 4.78 is 20.7. The molecule has 0 aliphatic heterocycles. The molecule has 1 amide bonds. The Morgan fingerprint density at radius 3 is 2.71 bits per heavy atom. The predicted molar refractivity (Wildman–Crippen MR) is 130 cm³/mol. The number of fused-ring (bicyclic) bond motifs is 1. The van der Waals surface area contributed by atoms with Crippen molar-refractivity contribution >= 4 is 22.5 Å². The summed E-state index contributed by atoms with van der Waals surface area (Å²) in [4.78, 5) is 32.3. The molecule has 0 fully saturated rings. The number of nitrogens with zero attached hydrogens (tertiary/aromatic N) is 1. The predicted octanol–water partition coefficient (Wildman–Crippen LogP) is 4.34. The Bertz CT molecular complexity index is 1430. The van der Waals surface area contributed by atoms with E-state index in [0.29, 0.717) is 28.8 Å². The summed E-state index contributed by atoms with van der Waals surface area (Å²) in [6.07, 6.45) is 0.721. The van der Waals surface area contributed by atoms with Gasteiger partial charge in [-0.3, -0.25) is 14.6 Å². The number of nitrogen functional groups attached to an aromatic ring is 1. The van der Waals surface area contributed by atoms with Crippen molar-refractivity contribution in [2.45, 2.75) is 26.9 Å². The zero-order valence-electron chi connectivity index (χ0n) is 18.9. The lowest BCUT2D eigenvalue weighted by Gasteiger charge is -2.14. The maximum Gasteiger partial charge on any atom is 0.263 e. The fraction of sp³-hybridized carbons (Fsp3) is 0.192. The van der Waals surface area contributed by atoms with Gasteiger partial charge in [0.1, 0.15) is 23.7 Å². The van der Waals surface area contributed by atoms with Crippen molar-refractivity contribution in [1.82, 2.24) is 15.3 Å². The van der Waals surface area contributed by atoms with Gasteiger partial charge in [-0.05, 0) is 43.7 Å². The number of aryl methyl sites for hydroxylation is 1. The minimum Gasteiger partial charge on any atom is -0.487 e. The maximum atomic E-state index is 14.9. The molecule has 2 aromatic carbocycles. The van der Waals surface area contributed by atoms with Crippen LogP contribution < -0.4 is 21.3 Å². The zero-order chi connectivity index (χ0) is 24.2. The lowest BCUT2D eigenvalue weighted by atomic mass is 9.99. The van der Waals surface area contributed by atoms with E-state index >= 15 is 0 Å². The molecule has 0 radical (unpaired) electrons. The summed E-state index contributed by atoms with van der Waals surface area (Å²) in [5, 5.41) is 3.12. The van der Waals surface area contributed by atoms with Crippen LogP contribution in [0.4, 0.5) is 10.1 Å². The van der Waals surface area contributed by atoms with E-state index in [1.807, 2.05) is 32.0 Å². The summed E-state index contributed by atoms with van der Waals surface area (Å²) in [5.74, 6) is -0.584. The van der Waals surface area contributed by atoms with Gasteiger partial charge in [-0.15, -0.1) is 0 Å². The normalized spacial score (nSPS) is 10.9. The van der Waals surface area contributed by atoms with Gasteiger partial charge in [0.2, 0.25) is 0 Å². The molecule has 0 unspecified atom stereocenters. The molecule has 2 heterocycles. The first kappa shape index (κ1) is 23.0. The van der Waals surface area contributed by atoms with Crippen molar-refractivity contribution in [3.63, 3.8) is 0 Å². The van der Waals surface area contributed by atoms with Gasteiger partial charge in [0.05, 0.1) is 16.9 Å². The van der Waals surface area contributed by atoms with Crippen LogP contribution in [0.15, 0.2) is 59.4 Å². The molecular weight excluding hydrogens is 435 g/mol. The molecule has 0 aliphatic carbocycles. The molecule has 0 saturated carbocycles. The van der Waals surface area contributed by atoms with E-state index in [1.54, 1.807) is 24.3 Å². The van der Waals surface area contributed by atoms with E-state index in [1.165, 1.54) is 12.1 Å². The number of aromatic nitrogens is 2. The van der Waals surface area contributed by atoms with Gasteiger partial charge in [0.25, 0.3) is 11.5 Å². The Morgan fingerprint density at radius 2 is 1.94 bits per heavy atom. The highest BCUT2D eigenvalue weighted by Gasteiger charge is 2.20. The number of hydrogen-bond donors (Lipinski definition) is 3. The summed E-state index contributed by atoms with van der Waals surface area (Å²) in [6, 6.07) is 15.1. The number of nitrogens with one attached hydrogen (secondary N) is 2. The molecule has 0 spiro atoms. The van der Waals surface area contributed by atoms with Crippen LogP contribution in [0.2, 0.25) is 0 Å². The molecule has 2 aromatic heterocycles. The molecular formula is C26H25FN4O3. The van der Waals surface area contributed by atoms with Gasteiger partial charge in [0, 0.05) is 28.8 Å². The highest BCUT2D eigenvalue weighted by atomic mass is 19.1. The number of para-hydroxylation sites is 1. The third-order valence-corrected chi connectivity index (χ3v) is 5.41. The number of carbonyl (C=O) groups is 1. The molecule has 7 nitrogen and oxygen atoms in total. The van der Waals surface area contributed by atoms with Crippen LogP contribution in [-0.2, 0) is 6.61 Å². The van der Waals surface area contributed by atoms with E-state index in [4.69, 9.17) is 10.5 Å². The smallest absolute Gasteiger partial charge is 0.263 e. The van der Waals surface area contributed by atoms with Crippen LogP contribution in [0, 0.1) is 12.7 Å². The first-order valence-corrected chi connectivity index (χ1v) is 11.0. The molecule has 4 N–H and O–H groups in total. The number of benzene rings is 2. The van der Waals surface area contributed by atoms with Crippen molar-refractivity contribution in [2.24, 2.45) is 0 Å². The van der Waals surface area contributed by atoms with E-state index in [2.05, 4.69) is 15.3 Å². The number of carbonyl (C=O) groups excluding carboxylic acids is 1. The first-order chi connectivity index (χ1) is 16.4. The fourth-order valence-electron chi connectivity index (χ4n) is 3.76. The van der Waals surface area contributed by atoms with Gasteiger partial charge in [-0.2, -0.15) is 0 Å². The van der Waals surface area contributed by atoms with Crippen LogP contribution in [0.25, 0.3) is 22.0 Å². The van der Waals surface area contributed by atoms with Crippen molar-refractivity contribution < 1.29 is 13.9 Å². The number of nitrogens with two attached hydrogens (primary N) is 1. The Balaban J connectivity index is 1.74. The summed E-state index contributed by atoms with van der Waals surface area (Å²) >= 11 is 0. The number of rotatable bonds is 7. The second-order valence-corrected chi connectivity index (χ2v) is 7.93. The highest BCUT2D eigenvalue weighted by molar-refractivity contribution is 6.09. The van der Waals surface area contributed by atoms with Crippen molar-refractivity contribution in [3.8, 4) is 16.9 Å². The molecule has 0 saturated heterocycles. The number of hydrogen-bond acceptors (Lipinski definition) is 5. The number of amides is 1. The van der Waals surface area contributed by atoms with Crippen LogP contribution in [-0.4, -0.2) is 22.4 Å². The molecule has 0 bridgehead atoms. The maximum absolute atomic E-state index is 14.9. The van der Waals surface area contributed by atoms with Crippen molar-refractivity contribution in [3.05, 3.63) is 87.7 Å². The molecule has 8 heteroatoms. The van der Waals surface area contributed by atoms with E-state index in [0.717, 1.165) is 17.8 Å². The van der Waals surface area contributed by atoms with Gasteiger partial charge >= 0.3 is 0 Å². The first-order valence-electron chi connectivity index (χ1n) is 11.0. The van der Waals surface area contributed by atoms with Crippen LogP contribution in [0.1, 0.15) is 35.1 Å². The Morgan fingerprint density at radius 1 is 1.15 bits per heavy atom. The zero-order valence-corrected chi connectivity index (χ0v) is 18.9. The third kappa shape index (κ3) is 4.61. The monoisotopic (exact) mass is 460 g/mol. The second kappa shape index (κ2) is 9.74. The van der Waals surface area contributed by atoms with Gasteiger partial charge in [0.15, 0.2) is 0 Å². The molecule has 4 rings (SSSR count). The fourth-order valence-corrected chi connectivity index (χ4v) is 3.76. The molecule has 0 aliphatic rings. The lowest BCUT2D eigenvalue weighted by molar-refractivity contribution is 0.0953. The number of halogens is 1. The largest absolute Gasteiger partial charge is 0.487 e. The minimum atomic E-state index is -0.635. The number of H-pyrrole nitrogens is 1. The molecule has 174 valence electrons. The van der Waals surface area contributed by atoms with E-state index < -0.39 is 17.3 Å². The van der Waals surface area contributed by atoms with Crippen LogP contribution >= 0.6 is 0 Å². The summed E-state index contributed by atoms with van der Waals surface area (Å²) in [6.45, 7) is 4.45. The van der Waals surface area contributed by atoms with Gasteiger partial charge < -0.3 is 20.8 Å². The number of aromatic amines is 1. The van der Waals surface area contributed by atoms with Crippen LogP contribution in [0.3, 0.4) is 0 Å². The Hall–Kier alpha value is -4.20.